The molecule has 0 atom stereocenters. The van der Waals surface area contributed by atoms with Crippen molar-refractivity contribution >= 4 is 22.3 Å². The largest absolute Gasteiger partial charge is 0.374 e. The average molecular weight is 259 g/mol. The predicted molar refractivity (Wildman–Crippen MR) is 76.4 cm³/mol. The van der Waals surface area contributed by atoms with Crippen LogP contribution in [-0.4, -0.2) is 15.4 Å². The van der Waals surface area contributed by atoms with E-state index in [2.05, 4.69) is 10.3 Å². The number of nitrogens with one attached hydrogen (secondary N) is 1. The van der Waals surface area contributed by atoms with Crippen LogP contribution in [-0.2, 0) is 0 Å². The summed E-state index contributed by atoms with van der Waals surface area (Å²) in [6.07, 6.45) is 2.18. The molecule has 0 unspecified atom stereocenters. The van der Waals surface area contributed by atoms with Crippen molar-refractivity contribution in [2.75, 3.05) is 5.32 Å². The molecule has 100 valence electrons. The van der Waals surface area contributed by atoms with Crippen LogP contribution in [0.4, 0.5) is 11.4 Å². The first-order chi connectivity index (χ1) is 8.94. The van der Waals surface area contributed by atoms with Crippen LogP contribution in [0.1, 0.15) is 27.2 Å². The van der Waals surface area contributed by atoms with E-state index in [4.69, 9.17) is 0 Å². The maximum absolute atomic E-state index is 11.2. The highest BCUT2D eigenvalue weighted by Crippen LogP contribution is 2.33. The molecule has 0 spiro atoms. The lowest BCUT2D eigenvalue weighted by molar-refractivity contribution is -0.384. The molecule has 0 radical (unpaired) electrons. The first-order valence-electron chi connectivity index (χ1n) is 6.25. The van der Waals surface area contributed by atoms with E-state index in [0.717, 1.165) is 17.3 Å². The minimum Gasteiger partial charge on any atom is -0.374 e. The first-order valence-corrected chi connectivity index (χ1v) is 6.25. The fraction of sp³-hybridized carbons (Fsp3) is 0.357. The van der Waals surface area contributed by atoms with Gasteiger partial charge in [0.15, 0.2) is 0 Å². The molecule has 2 rings (SSSR count). The molecule has 1 aromatic carbocycles. The number of fused-ring (bicyclic) bond motifs is 1. The predicted octanol–water partition coefficient (Wildman–Crippen LogP) is 3.74. The quantitative estimate of drug-likeness (QED) is 0.670. The average Bonchev–Trinajstić information content (AvgIpc) is 2.38. The molecule has 0 aliphatic rings. The summed E-state index contributed by atoms with van der Waals surface area (Å²) in [7, 11) is 0. The number of hydrogen-bond donors (Lipinski definition) is 1. The summed E-state index contributed by atoms with van der Waals surface area (Å²) in [4.78, 5) is 14.9. The zero-order valence-electron chi connectivity index (χ0n) is 11.3. The normalized spacial score (nSPS) is 11.5. The summed E-state index contributed by atoms with van der Waals surface area (Å²) in [5.41, 5.74) is 1.10. The molecule has 0 aliphatic heterocycles. The lowest BCUT2D eigenvalue weighted by Gasteiger charge is -2.26. The van der Waals surface area contributed by atoms with E-state index in [9.17, 15) is 10.1 Å². The van der Waals surface area contributed by atoms with Crippen molar-refractivity contribution in [1.82, 2.24) is 4.98 Å². The second-order valence-electron chi connectivity index (χ2n) is 5.16. The van der Waals surface area contributed by atoms with Crippen molar-refractivity contribution < 1.29 is 4.92 Å². The molecule has 1 heterocycles. The third-order valence-corrected chi connectivity index (χ3v) is 3.30. The van der Waals surface area contributed by atoms with Gasteiger partial charge in [0.25, 0.3) is 0 Å². The zero-order valence-corrected chi connectivity index (χ0v) is 11.3. The first kappa shape index (κ1) is 13.3. The standard InChI is InChI=1S/C14H17N3O2/c1-4-14(2,3)16-13-10-7-5-6-8-11(10)15-9-12(13)17(18)19/h5-9H,4H2,1-3H3,(H,15,16). The summed E-state index contributed by atoms with van der Waals surface area (Å²) in [5, 5.41) is 15.2. The fourth-order valence-corrected chi connectivity index (χ4v) is 1.83. The minimum absolute atomic E-state index is 0.0141. The van der Waals surface area contributed by atoms with Crippen molar-refractivity contribution in [3.63, 3.8) is 0 Å². The molecule has 5 heteroatoms. The fourth-order valence-electron chi connectivity index (χ4n) is 1.83. The summed E-state index contributed by atoms with van der Waals surface area (Å²) in [5.74, 6) is 0. The van der Waals surface area contributed by atoms with E-state index >= 15 is 0 Å². The molecular weight excluding hydrogens is 242 g/mol. The number of hydrogen-bond acceptors (Lipinski definition) is 4. The van der Waals surface area contributed by atoms with Crippen molar-refractivity contribution in [2.24, 2.45) is 0 Å². The summed E-state index contributed by atoms with van der Waals surface area (Å²) in [6, 6.07) is 7.43. The van der Waals surface area contributed by atoms with Gasteiger partial charge in [0.2, 0.25) is 0 Å². The number of pyridine rings is 1. The van der Waals surface area contributed by atoms with Gasteiger partial charge in [0.1, 0.15) is 11.9 Å². The molecule has 0 fully saturated rings. The Labute approximate surface area is 111 Å². The number of rotatable bonds is 4. The molecular formula is C14H17N3O2. The van der Waals surface area contributed by atoms with E-state index in [0.29, 0.717) is 5.69 Å². The third-order valence-electron chi connectivity index (χ3n) is 3.30. The smallest absolute Gasteiger partial charge is 0.311 e. The van der Waals surface area contributed by atoms with Gasteiger partial charge in [-0.1, -0.05) is 25.1 Å². The molecule has 0 saturated carbocycles. The molecule has 0 bridgehead atoms. The van der Waals surface area contributed by atoms with E-state index in [1.165, 1.54) is 6.20 Å². The second kappa shape index (κ2) is 4.84. The number of nitro groups is 1. The van der Waals surface area contributed by atoms with Crippen LogP contribution >= 0.6 is 0 Å². The monoisotopic (exact) mass is 259 g/mol. The topological polar surface area (TPSA) is 68.1 Å². The lowest BCUT2D eigenvalue weighted by Crippen LogP contribution is -2.30. The highest BCUT2D eigenvalue weighted by atomic mass is 16.6. The lowest BCUT2D eigenvalue weighted by atomic mass is 10.0. The van der Waals surface area contributed by atoms with Gasteiger partial charge in [-0.2, -0.15) is 0 Å². The van der Waals surface area contributed by atoms with Crippen LogP contribution in [0, 0.1) is 10.1 Å². The highest BCUT2D eigenvalue weighted by molar-refractivity contribution is 5.95. The van der Waals surface area contributed by atoms with E-state index in [1.54, 1.807) is 0 Å². The van der Waals surface area contributed by atoms with Crippen LogP contribution in [0.25, 0.3) is 10.9 Å². The highest BCUT2D eigenvalue weighted by Gasteiger charge is 2.23. The van der Waals surface area contributed by atoms with Gasteiger partial charge < -0.3 is 5.32 Å². The van der Waals surface area contributed by atoms with Crippen molar-refractivity contribution in [3.05, 3.63) is 40.6 Å². The summed E-state index contributed by atoms with van der Waals surface area (Å²) in [6.45, 7) is 6.08. The molecule has 0 amide bonds. The van der Waals surface area contributed by atoms with Gasteiger partial charge in [0.05, 0.1) is 10.4 Å². The Morgan fingerprint density at radius 2 is 2.05 bits per heavy atom. The zero-order chi connectivity index (χ0) is 14.0. The Bertz CT molecular complexity index is 623. The van der Waals surface area contributed by atoms with Crippen LogP contribution in [0.3, 0.4) is 0 Å². The number of anilines is 1. The van der Waals surface area contributed by atoms with Crippen LogP contribution < -0.4 is 5.32 Å². The van der Waals surface area contributed by atoms with Gasteiger partial charge in [-0.15, -0.1) is 0 Å². The Kier molecular flexibility index (Phi) is 3.38. The van der Waals surface area contributed by atoms with Crippen molar-refractivity contribution in [2.45, 2.75) is 32.7 Å². The Hall–Kier alpha value is -2.17. The van der Waals surface area contributed by atoms with Crippen molar-refractivity contribution in [1.29, 1.82) is 0 Å². The van der Waals surface area contributed by atoms with Crippen molar-refractivity contribution in [3.8, 4) is 0 Å². The number of para-hydroxylation sites is 1. The molecule has 0 saturated heterocycles. The van der Waals surface area contributed by atoms with E-state index in [1.807, 2.05) is 45.0 Å². The molecule has 1 aromatic heterocycles. The number of benzene rings is 1. The molecule has 2 aromatic rings. The van der Waals surface area contributed by atoms with E-state index < -0.39 is 4.92 Å². The second-order valence-corrected chi connectivity index (χ2v) is 5.16. The molecule has 1 N–H and O–H groups in total. The maximum Gasteiger partial charge on any atom is 0.311 e. The van der Waals surface area contributed by atoms with Gasteiger partial charge in [-0.05, 0) is 26.3 Å². The minimum atomic E-state index is -0.395. The van der Waals surface area contributed by atoms with Gasteiger partial charge in [-0.3, -0.25) is 10.1 Å². The summed E-state index contributed by atoms with van der Waals surface area (Å²) < 4.78 is 0. The number of aromatic nitrogens is 1. The molecule has 19 heavy (non-hydrogen) atoms. The Morgan fingerprint density at radius 1 is 1.37 bits per heavy atom. The number of nitrogens with zero attached hydrogens (tertiary/aromatic N) is 2. The van der Waals surface area contributed by atoms with E-state index in [-0.39, 0.29) is 11.2 Å². The van der Waals surface area contributed by atoms with Crippen LogP contribution in [0.2, 0.25) is 0 Å². The SMILES string of the molecule is CCC(C)(C)Nc1c([N+](=O)[O-])cnc2ccccc12. The molecule has 0 aliphatic carbocycles. The summed E-state index contributed by atoms with van der Waals surface area (Å²) >= 11 is 0. The Morgan fingerprint density at radius 3 is 2.68 bits per heavy atom. The van der Waals surface area contributed by atoms with Gasteiger partial charge in [0, 0.05) is 10.9 Å². The van der Waals surface area contributed by atoms with Gasteiger partial charge >= 0.3 is 5.69 Å². The molecule has 5 nitrogen and oxygen atoms in total. The third kappa shape index (κ3) is 2.65. The maximum atomic E-state index is 11.2. The Balaban J connectivity index is 2.66. The van der Waals surface area contributed by atoms with Gasteiger partial charge in [-0.25, -0.2) is 4.98 Å². The van der Waals surface area contributed by atoms with Crippen LogP contribution in [0.5, 0.6) is 0 Å². The van der Waals surface area contributed by atoms with Crippen LogP contribution in [0.15, 0.2) is 30.5 Å².